The molecule has 0 saturated carbocycles. The van der Waals surface area contributed by atoms with Crippen molar-refractivity contribution in [2.75, 3.05) is 11.9 Å². The number of para-hydroxylation sites is 1. The zero-order chi connectivity index (χ0) is 20.2. The maximum Gasteiger partial charge on any atom is 0.358 e. The molecule has 0 spiro atoms. The molecule has 0 radical (unpaired) electrons. The number of carbonyl (C=O) groups is 2. The van der Waals surface area contributed by atoms with Gasteiger partial charge in [0.1, 0.15) is 5.69 Å². The van der Waals surface area contributed by atoms with E-state index in [9.17, 15) is 9.59 Å². The fourth-order valence-electron chi connectivity index (χ4n) is 2.90. The third-order valence-corrected chi connectivity index (χ3v) is 4.27. The first kappa shape index (κ1) is 18.4. The maximum absolute atomic E-state index is 12.4. The van der Waals surface area contributed by atoms with Crippen LogP contribution in [0.15, 0.2) is 65.3 Å². The van der Waals surface area contributed by atoms with Gasteiger partial charge in [-0.3, -0.25) is 4.79 Å². The Morgan fingerprint density at radius 3 is 2.69 bits per heavy atom. The van der Waals surface area contributed by atoms with E-state index in [2.05, 4.69) is 15.6 Å². The molecule has 0 saturated heterocycles. The molecule has 0 bridgehead atoms. The number of amides is 1. The number of hydrogen-bond donors (Lipinski definition) is 1. The zero-order valence-electron chi connectivity index (χ0n) is 15.7. The summed E-state index contributed by atoms with van der Waals surface area (Å²) in [6.45, 7) is 2.04. The smallest absolute Gasteiger partial charge is 0.358 e. The van der Waals surface area contributed by atoms with Crippen molar-refractivity contribution >= 4 is 28.5 Å². The minimum Gasteiger partial charge on any atom is -0.461 e. The number of rotatable bonds is 6. The Labute approximate surface area is 166 Å². The lowest BCUT2D eigenvalue weighted by atomic mass is 10.1. The number of hydrogen-bond acceptors (Lipinski definition) is 6. The Hall–Kier alpha value is -3.94. The molecule has 4 rings (SSSR count). The number of nitrogens with one attached hydrogen (secondary N) is 1. The van der Waals surface area contributed by atoms with E-state index in [-0.39, 0.29) is 18.0 Å². The van der Waals surface area contributed by atoms with Crippen LogP contribution >= 0.6 is 0 Å². The van der Waals surface area contributed by atoms with Gasteiger partial charge in [-0.05, 0) is 49.4 Å². The quantitative estimate of drug-likeness (QED) is 0.507. The Kier molecular flexibility index (Phi) is 5.07. The fourth-order valence-corrected chi connectivity index (χ4v) is 2.90. The molecule has 0 aliphatic rings. The SMILES string of the molecule is CCOC(=O)c1ccn(-c2ccc(NC(=O)Cc3noc4ccccc34)cc2)n1. The van der Waals surface area contributed by atoms with Crippen LogP contribution in [0.2, 0.25) is 0 Å². The van der Waals surface area contributed by atoms with Crippen molar-refractivity contribution in [3.05, 3.63) is 72.2 Å². The molecule has 4 aromatic rings. The summed E-state index contributed by atoms with van der Waals surface area (Å²) in [5, 5.41) is 11.8. The van der Waals surface area contributed by atoms with Gasteiger partial charge in [0.15, 0.2) is 11.3 Å². The number of ether oxygens (including phenoxy) is 1. The molecule has 1 amide bonds. The predicted molar refractivity (Wildman–Crippen MR) is 106 cm³/mol. The van der Waals surface area contributed by atoms with Crippen molar-refractivity contribution in [3.8, 4) is 5.69 Å². The van der Waals surface area contributed by atoms with Crippen molar-refractivity contribution in [3.63, 3.8) is 0 Å². The van der Waals surface area contributed by atoms with Crippen molar-refractivity contribution < 1.29 is 18.8 Å². The predicted octanol–water partition coefficient (Wildman–Crippen LogP) is 3.37. The number of nitrogens with zero attached hydrogens (tertiary/aromatic N) is 3. The first-order chi connectivity index (χ1) is 14.1. The van der Waals surface area contributed by atoms with E-state index in [1.165, 1.54) is 0 Å². The lowest BCUT2D eigenvalue weighted by molar-refractivity contribution is -0.115. The van der Waals surface area contributed by atoms with Crippen molar-refractivity contribution in [1.29, 1.82) is 0 Å². The first-order valence-corrected chi connectivity index (χ1v) is 9.10. The molecule has 0 aliphatic heterocycles. The highest BCUT2D eigenvalue weighted by Crippen LogP contribution is 2.19. The summed E-state index contributed by atoms with van der Waals surface area (Å²) in [4.78, 5) is 24.1. The first-order valence-electron chi connectivity index (χ1n) is 9.10. The van der Waals surface area contributed by atoms with Gasteiger partial charge in [0, 0.05) is 17.3 Å². The molecule has 0 unspecified atom stereocenters. The van der Waals surface area contributed by atoms with Crippen LogP contribution in [0.5, 0.6) is 0 Å². The second-order valence-corrected chi connectivity index (χ2v) is 6.26. The van der Waals surface area contributed by atoms with Crippen LogP contribution < -0.4 is 5.32 Å². The van der Waals surface area contributed by atoms with Gasteiger partial charge in [0.25, 0.3) is 0 Å². The average molecular weight is 390 g/mol. The summed E-state index contributed by atoms with van der Waals surface area (Å²) < 4.78 is 11.7. The van der Waals surface area contributed by atoms with Crippen LogP contribution in [0.3, 0.4) is 0 Å². The number of anilines is 1. The molecule has 2 aromatic heterocycles. The van der Waals surface area contributed by atoms with Gasteiger partial charge >= 0.3 is 5.97 Å². The molecule has 2 aromatic carbocycles. The fraction of sp³-hybridized carbons (Fsp3) is 0.143. The summed E-state index contributed by atoms with van der Waals surface area (Å²) in [6, 6.07) is 16.1. The van der Waals surface area contributed by atoms with Crippen LogP contribution in [0, 0.1) is 0 Å². The normalized spacial score (nSPS) is 10.8. The van der Waals surface area contributed by atoms with E-state index in [0.29, 0.717) is 23.6 Å². The Bertz CT molecular complexity index is 1160. The molecule has 146 valence electrons. The van der Waals surface area contributed by atoms with E-state index >= 15 is 0 Å². The van der Waals surface area contributed by atoms with Gasteiger partial charge in [-0.2, -0.15) is 5.10 Å². The third-order valence-electron chi connectivity index (χ3n) is 4.27. The summed E-state index contributed by atoms with van der Waals surface area (Å²) in [5.74, 6) is -0.656. The zero-order valence-corrected chi connectivity index (χ0v) is 15.7. The highest BCUT2D eigenvalue weighted by atomic mass is 16.5. The maximum atomic E-state index is 12.4. The van der Waals surface area contributed by atoms with E-state index in [4.69, 9.17) is 9.26 Å². The molecule has 1 N–H and O–H groups in total. The van der Waals surface area contributed by atoms with Gasteiger partial charge in [-0.15, -0.1) is 0 Å². The topological polar surface area (TPSA) is 99.2 Å². The Morgan fingerprint density at radius 1 is 1.10 bits per heavy atom. The van der Waals surface area contributed by atoms with Crippen LogP contribution in [-0.2, 0) is 16.0 Å². The van der Waals surface area contributed by atoms with Crippen LogP contribution in [-0.4, -0.2) is 33.4 Å². The third kappa shape index (κ3) is 4.01. The van der Waals surface area contributed by atoms with E-state index in [1.807, 2.05) is 24.3 Å². The van der Waals surface area contributed by atoms with Crippen molar-refractivity contribution in [2.24, 2.45) is 0 Å². The highest BCUT2D eigenvalue weighted by Gasteiger charge is 2.13. The number of esters is 1. The van der Waals surface area contributed by atoms with Gasteiger partial charge < -0.3 is 14.6 Å². The molecule has 0 atom stereocenters. The van der Waals surface area contributed by atoms with Crippen LogP contribution in [0.25, 0.3) is 16.7 Å². The second-order valence-electron chi connectivity index (χ2n) is 6.26. The minimum absolute atomic E-state index is 0.112. The van der Waals surface area contributed by atoms with Gasteiger partial charge in [0.2, 0.25) is 5.91 Å². The van der Waals surface area contributed by atoms with Gasteiger partial charge in [-0.1, -0.05) is 17.3 Å². The highest BCUT2D eigenvalue weighted by molar-refractivity contribution is 5.94. The van der Waals surface area contributed by atoms with Crippen LogP contribution in [0.1, 0.15) is 23.1 Å². The molecule has 8 nitrogen and oxygen atoms in total. The molecule has 0 aliphatic carbocycles. The van der Waals surface area contributed by atoms with Gasteiger partial charge in [-0.25, -0.2) is 9.48 Å². The largest absolute Gasteiger partial charge is 0.461 e. The lowest BCUT2D eigenvalue weighted by Crippen LogP contribution is -2.14. The standard InChI is InChI=1S/C21H18N4O4/c1-2-28-21(27)17-11-12-25(23-17)15-9-7-14(8-10-15)22-20(26)13-18-16-5-3-4-6-19(16)29-24-18/h3-12H,2,13H2,1H3,(H,22,26). The van der Waals surface area contributed by atoms with Crippen molar-refractivity contribution in [1.82, 2.24) is 14.9 Å². The Morgan fingerprint density at radius 2 is 1.90 bits per heavy atom. The van der Waals surface area contributed by atoms with Gasteiger partial charge in [0.05, 0.1) is 18.7 Å². The summed E-state index contributed by atoms with van der Waals surface area (Å²) in [7, 11) is 0. The second kappa shape index (κ2) is 7.97. The number of carbonyl (C=O) groups excluding carboxylic acids is 2. The molecule has 8 heteroatoms. The monoisotopic (exact) mass is 390 g/mol. The number of fused-ring (bicyclic) bond motifs is 1. The van der Waals surface area contributed by atoms with E-state index < -0.39 is 5.97 Å². The Balaban J connectivity index is 1.41. The molecular weight excluding hydrogens is 372 g/mol. The molecule has 2 heterocycles. The molecular formula is C21H18N4O4. The average Bonchev–Trinajstić information content (AvgIpc) is 3.37. The van der Waals surface area contributed by atoms with Crippen LogP contribution in [0.4, 0.5) is 5.69 Å². The number of benzene rings is 2. The summed E-state index contributed by atoms with van der Waals surface area (Å²) in [5.41, 5.74) is 2.88. The number of aromatic nitrogens is 3. The molecule has 29 heavy (non-hydrogen) atoms. The molecule has 0 fully saturated rings. The van der Waals surface area contributed by atoms with Crippen molar-refractivity contribution in [2.45, 2.75) is 13.3 Å². The summed E-state index contributed by atoms with van der Waals surface area (Å²) in [6.07, 6.45) is 1.79. The van der Waals surface area contributed by atoms with E-state index in [1.54, 1.807) is 48.1 Å². The minimum atomic E-state index is -0.462. The van der Waals surface area contributed by atoms with E-state index in [0.717, 1.165) is 11.1 Å². The summed E-state index contributed by atoms with van der Waals surface area (Å²) >= 11 is 0. The lowest BCUT2D eigenvalue weighted by Gasteiger charge is -2.06.